The quantitative estimate of drug-likeness (QED) is 0.550. The molecule has 0 aliphatic heterocycles. The van der Waals surface area contributed by atoms with Crippen LogP contribution in [0.5, 0.6) is 0 Å². The molecule has 0 aliphatic rings. The van der Waals surface area contributed by atoms with Gasteiger partial charge in [0.15, 0.2) is 5.69 Å². The van der Waals surface area contributed by atoms with Crippen LogP contribution in [0.4, 0.5) is 0 Å². The Balaban J connectivity index is 1.38. The lowest BCUT2D eigenvalue weighted by Crippen LogP contribution is -2.27. The first-order chi connectivity index (χ1) is 11.8. The molecular formula is C17H19N5O2. The third kappa shape index (κ3) is 4.30. The molecule has 0 radical (unpaired) electrons. The van der Waals surface area contributed by atoms with Crippen molar-refractivity contribution in [3.05, 3.63) is 60.1 Å². The number of hydrogen-bond donors (Lipinski definition) is 3. The van der Waals surface area contributed by atoms with Gasteiger partial charge in [0.2, 0.25) is 0 Å². The maximum Gasteiger partial charge on any atom is 0.271 e. The number of benzene rings is 1. The largest absolute Gasteiger partial charge is 0.364 e. The Kier molecular flexibility index (Phi) is 5.36. The molecule has 0 bridgehead atoms. The van der Waals surface area contributed by atoms with E-state index in [0.717, 1.165) is 29.8 Å². The molecule has 7 heteroatoms. The van der Waals surface area contributed by atoms with Crippen molar-refractivity contribution in [2.45, 2.75) is 13.0 Å². The minimum Gasteiger partial charge on any atom is -0.364 e. The second-order valence-corrected chi connectivity index (χ2v) is 5.35. The van der Waals surface area contributed by atoms with Crippen LogP contribution >= 0.6 is 0 Å². The topological polar surface area (TPSA) is 95.8 Å². The van der Waals surface area contributed by atoms with Crippen LogP contribution in [0, 0.1) is 0 Å². The van der Waals surface area contributed by atoms with Gasteiger partial charge in [-0.1, -0.05) is 35.5 Å². The number of rotatable bonds is 8. The van der Waals surface area contributed by atoms with Crippen LogP contribution in [-0.2, 0) is 6.54 Å². The van der Waals surface area contributed by atoms with Crippen molar-refractivity contribution in [3.8, 4) is 11.3 Å². The fraction of sp³-hybridized carbons (Fsp3) is 0.235. The molecule has 0 aliphatic carbocycles. The second kappa shape index (κ2) is 8.07. The Labute approximate surface area is 139 Å². The Morgan fingerprint density at radius 3 is 2.88 bits per heavy atom. The molecule has 24 heavy (non-hydrogen) atoms. The van der Waals surface area contributed by atoms with E-state index in [2.05, 4.69) is 26.0 Å². The predicted octanol–water partition coefficient (Wildman–Crippen LogP) is 1.97. The minimum absolute atomic E-state index is 0.174. The van der Waals surface area contributed by atoms with Gasteiger partial charge >= 0.3 is 0 Å². The van der Waals surface area contributed by atoms with Gasteiger partial charge in [-0.2, -0.15) is 5.10 Å². The SMILES string of the molecule is O=C(NCCCNCc1cnoc1)c1cc(-c2ccccc2)[nH]n1. The number of carbonyl (C=O) groups excluding carboxylic acids is 1. The van der Waals surface area contributed by atoms with Crippen molar-refractivity contribution in [3.63, 3.8) is 0 Å². The number of amides is 1. The average Bonchev–Trinajstić information content (AvgIpc) is 3.30. The fourth-order valence-corrected chi connectivity index (χ4v) is 2.26. The summed E-state index contributed by atoms with van der Waals surface area (Å²) in [6, 6.07) is 11.5. The van der Waals surface area contributed by atoms with Crippen LogP contribution in [0.1, 0.15) is 22.5 Å². The lowest BCUT2D eigenvalue weighted by Gasteiger charge is -2.04. The summed E-state index contributed by atoms with van der Waals surface area (Å²) in [6.45, 7) is 2.08. The van der Waals surface area contributed by atoms with Gasteiger partial charge in [0.1, 0.15) is 6.26 Å². The monoisotopic (exact) mass is 325 g/mol. The minimum atomic E-state index is -0.174. The van der Waals surface area contributed by atoms with E-state index >= 15 is 0 Å². The number of hydrogen-bond acceptors (Lipinski definition) is 5. The number of aromatic amines is 1. The van der Waals surface area contributed by atoms with Gasteiger partial charge in [-0.25, -0.2) is 0 Å². The number of H-pyrrole nitrogens is 1. The normalized spacial score (nSPS) is 10.7. The van der Waals surface area contributed by atoms with Crippen LogP contribution in [-0.4, -0.2) is 34.4 Å². The average molecular weight is 325 g/mol. The highest BCUT2D eigenvalue weighted by Crippen LogP contribution is 2.16. The van der Waals surface area contributed by atoms with Gasteiger partial charge in [0.25, 0.3) is 5.91 Å². The summed E-state index contributed by atoms with van der Waals surface area (Å²) in [5.74, 6) is -0.174. The first kappa shape index (κ1) is 15.9. The van der Waals surface area contributed by atoms with Gasteiger partial charge in [0.05, 0.1) is 11.9 Å². The van der Waals surface area contributed by atoms with Gasteiger partial charge in [-0.15, -0.1) is 0 Å². The Bertz CT molecular complexity index is 752. The Morgan fingerprint density at radius 2 is 2.08 bits per heavy atom. The van der Waals surface area contributed by atoms with E-state index in [9.17, 15) is 4.79 Å². The zero-order valence-corrected chi connectivity index (χ0v) is 13.2. The molecular weight excluding hydrogens is 306 g/mol. The predicted molar refractivity (Wildman–Crippen MR) is 89.2 cm³/mol. The lowest BCUT2D eigenvalue weighted by atomic mass is 10.1. The molecule has 3 rings (SSSR count). The first-order valence-electron chi connectivity index (χ1n) is 7.81. The van der Waals surface area contributed by atoms with Gasteiger partial charge < -0.3 is 15.2 Å². The molecule has 0 saturated carbocycles. The van der Waals surface area contributed by atoms with Crippen molar-refractivity contribution in [1.29, 1.82) is 0 Å². The van der Waals surface area contributed by atoms with Crippen molar-refractivity contribution >= 4 is 5.91 Å². The van der Waals surface area contributed by atoms with E-state index in [-0.39, 0.29) is 5.91 Å². The standard InChI is InChI=1S/C17H19N5O2/c23-17(19-8-4-7-18-10-13-11-20-24-12-13)16-9-15(21-22-16)14-5-2-1-3-6-14/h1-3,5-6,9,11-12,18H,4,7-8,10H2,(H,19,23)(H,21,22). The van der Waals surface area contributed by atoms with E-state index < -0.39 is 0 Å². The highest BCUT2D eigenvalue weighted by Gasteiger charge is 2.10. The summed E-state index contributed by atoms with van der Waals surface area (Å²) in [5.41, 5.74) is 3.23. The smallest absolute Gasteiger partial charge is 0.271 e. The molecule has 3 aromatic rings. The third-order valence-electron chi connectivity index (χ3n) is 3.52. The zero-order valence-electron chi connectivity index (χ0n) is 13.2. The Hall–Kier alpha value is -2.93. The molecule has 2 aromatic heterocycles. The molecule has 2 heterocycles. The molecule has 1 amide bonds. The summed E-state index contributed by atoms with van der Waals surface area (Å²) >= 11 is 0. The van der Waals surface area contributed by atoms with E-state index in [1.54, 1.807) is 18.5 Å². The van der Waals surface area contributed by atoms with Crippen molar-refractivity contribution in [2.24, 2.45) is 0 Å². The van der Waals surface area contributed by atoms with E-state index in [1.165, 1.54) is 0 Å². The third-order valence-corrected chi connectivity index (χ3v) is 3.52. The highest BCUT2D eigenvalue weighted by molar-refractivity contribution is 5.93. The van der Waals surface area contributed by atoms with Crippen molar-refractivity contribution in [2.75, 3.05) is 13.1 Å². The highest BCUT2D eigenvalue weighted by atomic mass is 16.5. The van der Waals surface area contributed by atoms with E-state index in [1.807, 2.05) is 30.3 Å². The molecule has 0 fully saturated rings. The van der Waals surface area contributed by atoms with E-state index in [4.69, 9.17) is 4.52 Å². The molecule has 0 atom stereocenters. The molecule has 3 N–H and O–H groups in total. The van der Waals surface area contributed by atoms with Gasteiger partial charge in [-0.05, 0) is 24.6 Å². The van der Waals surface area contributed by atoms with E-state index in [0.29, 0.717) is 18.8 Å². The van der Waals surface area contributed by atoms with Crippen LogP contribution in [0.15, 0.2) is 53.4 Å². The maximum absolute atomic E-state index is 12.1. The van der Waals surface area contributed by atoms with Crippen molar-refractivity contribution in [1.82, 2.24) is 26.0 Å². The maximum atomic E-state index is 12.1. The van der Waals surface area contributed by atoms with Gasteiger partial charge in [-0.3, -0.25) is 9.89 Å². The molecule has 124 valence electrons. The summed E-state index contributed by atoms with van der Waals surface area (Å²) in [7, 11) is 0. The van der Waals surface area contributed by atoms with Crippen LogP contribution in [0.25, 0.3) is 11.3 Å². The number of carbonyl (C=O) groups is 1. The summed E-state index contributed by atoms with van der Waals surface area (Å²) in [4.78, 5) is 12.1. The fourth-order valence-electron chi connectivity index (χ4n) is 2.26. The van der Waals surface area contributed by atoms with Crippen LogP contribution in [0.3, 0.4) is 0 Å². The molecule has 0 saturated heterocycles. The summed E-state index contributed by atoms with van der Waals surface area (Å²) < 4.78 is 4.75. The summed E-state index contributed by atoms with van der Waals surface area (Å²) in [6.07, 6.45) is 4.11. The molecule has 0 spiro atoms. The van der Waals surface area contributed by atoms with Gasteiger partial charge in [0, 0.05) is 18.7 Å². The van der Waals surface area contributed by atoms with Crippen LogP contribution in [0.2, 0.25) is 0 Å². The lowest BCUT2D eigenvalue weighted by molar-refractivity contribution is 0.0948. The van der Waals surface area contributed by atoms with Crippen molar-refractivity contribution < 1.29 is 9.32 Å². The number of nitrogens with zero attached hydrogens (tertiary/aromatic N) is 2. The molecule has 7 nitrogen and oxygen atoms in total. The van der Waals surface area contributed by atoms with Crippen LogP contribution < -0.4 is 10.6 Å². The Morgan fingerprint density at radius 1 is 1.21 bits per heavy atom. The summed E-state index contributed by atoms with van der Waals surface area (Å²) in [5, 5.41) is 16.7. The number of aromatic nitrogens is 3. The first-order valence-corrected chi connectivity index (χ1v) is 7.81. The zero-order chi connectivity index (χ0) is 16.6. The molecule has 0 unspecified atom stereocenters. The molecule has 1 aromatic carbocycles. The second-order valence-electron chi connectivity index (χ2n) is 5.35. The number of nitrogens with one attached hydrogen (secondary N) is 3.